The van der Waals surface area contributed by atoms with Crippen LogP contribution in [0, 0.1) is 0 Å². The first-order valence-electron chi connectivity index (χ1n) is 4.24. The van der Waals surface area contributed by atoms with Crippen LogP contribution in [0.1, 0.15) is 12.8 Å². The predicted molar refractivity (Wildman–Crippen MR) is 55.3 cm³/mol. The van der Waals surface area contributed by atoms with Gasteiger partial charge in [0.05, 0.1) is 5.69 Å². The van der Waals surface area contributed by atoms with Gasteiger partial charge in [-0.2, -0.15) is 0 Å². The van der Waals surface area contributed by atoms with Crippen molar-refractivity contribution >= 4 is 34.9 Å². The van der Waals surface area contributed by atoms with E-state index in [0.717, 1.165) is 0 Å². The number of carboxylic acid groups (broad SMARTS) is 1. The van der Waals surface area contributed by atoms with Gasteiger partial charge in [0.1, 0.15) is 5.54 Å². The lowest BCUT2D eigenvalue weighted by Gasteiger charge is -2.14. The highest BCUT2D eigenvalue weighted by atomic mass is 35.5. The monoisotopic (exact) mass is 247 g/mol. The number of hydrogen-bond donors (Lipinski definition) is 2. The van der Waals surface area contributed by atoms with Crippen molar-refractivity contribution in [1.29, 1.82) is 0 Å². The molecule has 1 aliphatic carbocycles. The summed E-state index contributed by atoms with van der Waals surface area (Å²) in [7, 11) is 0. The number of halogens is 2. The molecule has 1 fully saturated rings. The third kappa shape index (κ3) is 1.98. The quantitative estimate of drug-likeness (QED) is 0.853. The first-order chi connectivity index (χ1) is 7.03. The van der Waals surface area contributed by atoms with Crippen LogP contribution in [0.25, 0.3) is 0 Å². The second-order valence-corrected chi connectivity index (χ2v) is 4.13. The molecule has 1 aromatic heterocycles. The Hall–Kier alpha value is -1.07. The van der Waals surface area contributed by atoms with Crippen LogP contribution in [0.4, 0.5) is 5.69 Å². The Morgan fingerprint density at radius 3 is 2.67 bits per heavy atom. The molecule has 5 nitrogen and oxygen atoms in total. The lowest BCUT2D eigenvalue weighted by atomic mass is 10.2. The molecule has 0 spiro atoms. The van der Waals surface area contributed by atoms with Gasteiger partial charge in [-0.25, -0.2) is 4.79 Å². The van der Waals surface area contributed by atoms with Gasteiger partial charge in [-0.3, -0.25) is 0 Å². The summed E-state index contributed by atoms with van der Waals surface area (Å²) in [6, 6.07) is 1.46. The average Bonchev–Trinajstić information content (AvgIpc) is 2.92. The van der Waals surface area contributed by atoms with Crippen LogP contribution >= 0.6 is 23.2 Å². The molecule has 1 aromatic rings. The first kappa shape index (κ1) is 10.4. The third-order valence-electron chi connectivity index (χ3n) is 2.25. The topological polar surface area (TPSA) is 75.1 Å². The van der Waals surface area contributed by atoms with E-state index in [1.54, 1.807) is 0 Å². The van der Waals surface area contributed by atoms with Crippen molar-refractivity contribution in [2.24, 2.45) is 0 Å². The summed E-state index contributed by atoms with van der Waals surface area (Å²) in [5.74, 6) is -0.897. The summed E-state index contributed by atoms with van der Waals surface area (Å²) in [4.78, 5) is 10.9. The van der Waals surface area contributed by atoms with Gasteiger partial charge in [0.2, 0.25) is 0 Å². The number of aliphatic carboxylic acids is 1. The van der Waals surface area contributed by atoms with E-state index in [9.17, 15) is 4.79 Å². The van der Waals surface area contributed by atoms with Gasteiger partial charge in [-0.15, -0.1) is 10.2 Å². The summed E-state index contributed by atoms with van der Waals surface area (Å²) >= 11 is 11.4. The number of aromatic nitrogens is 2. The fourth-order valence-corrected chi connectivity index (χ4v) is 1.50. The van der Waals surface area contributed by atoms with Gasteiger partial charge < -0.3 is 10.4 Å². The van der Waals surface area contributed by atoms with Gasteiger partial charge in [0.25, 0.3) is 0 Å². The summed E-state index contributed by atoms with van der Waals surface area (Å²) in [5, 5.41) is 19.2. The van der Waals surface area contributed by atoms with Crippen LogP contribution < -0.4 is 5.32 Å². The molecule has 0 unspecified atom stereocenters. The molecule has 80 valence electrons. The van der Waals surface area contributed by atoms with E-state index in [1.165, 1.54) is 6.07 Å². The zero-order chi connectivity index (χ0) is 11.1. The second kappa shape index (κ2) is 3.50. The highest BCUT2D eigenvalue weighted by Crippen LogP contribution is 2.40. The Labute approximate surface area is 95.4 Å². The van der Waals surface area contributed by atoms with Crippen molar-refractivity contribution in [2.45, 2.75) is 18.4 Å². The van der Waals surface area contributed by atoms with E-state index in [-0.39, 0.29) is 10.3 Å². The molecular formula is C8H7Cl2N3O2. The molecule has 0 atom stereocenters. The van der Waals surface area contributed by atoms with Crippen molar-refractivity contribution in [1.82, 2.24) is 10.2 Å². The Kier molecular flexibility index (Phi) is 2.44. The molecule has 2 rings (SSSR count). The Morgan fingerprint density at radius 1 is 1.47 bits per heavy atom. The molecule has 1 aliphatic rings. The Bertz CT molecular complexity index is 420. The van der Waals surface area contributed by atoms with Gasteiger partial charge >= 0.3 is 5.97 Å². The maximum atomic E-state index is 10.9. The minimum absolute atomic E-state index is 0.118. The van der Waals surface area contributed by atoms with Crippen molar-refractivity contribution in [3.8, 4) is 0 Å². The number of anilines is 1. The first-order valence-corrected chi connectivity index (χ1v) is 4.99. The Balaban J connectivity index is 2.24. The van der Waals surface area contributed by atoms with Gasteiger partial charge in [0, 0.05) is 6.07 Å². The van der Waals surface area contributed by atoms with Crippen LogP contribution in [-0.2, 0) is 4.79 Å². The number of nitrogens with one attached hydrogen (secondary N) is 1. The van der Waals surface area contributed by atoms with Gasteiger partial charge in [-0.05, 0) is 12.8 Å². The summed E-state index contributed by atoms with van der Waals surface area (Å²) in [5.41, 5.74) is -0.507. The standard InChI is InChI=1S/C8H7Cl2N3O2/c9-5-3-4(6(10)13-12-5)11-8(1-2-8)7(14)15/h3H,1-2H2,(H,11,12)(H,14,15). The van der Waals surface area contributed by atoms with E-state index >= 15 is 0 Å². The highest BCUT2D eigenvalue weighted by Gasteiger charge is 2.50. The van der Waals surface area contributed by atoms with E-state index < -0.39 is 11.5 Å². The smallest absolute Gasteiger partial charge is 0.329 e. The molecule has 1 heterocycles. The van der Waals surface area contributed by atoms with Crippen molar-refractivity contribution in [2.75, 3.05) is 5.32 Å². The summed E-state index contributed by atoms with van der Waals surface area (Å²) < 4.78 is 0. The second-order valence-electron chi connectivity index (χ2n) is 3.38. The van der Waals surface area contributed by atoms with Crippen LogP contribution in [0.2, 0.25) is 10.3 Å². The largest absolute Gasteiger partial charge is 0.480 e. The number of carboxylic acids is 1. The van der Waals surface area contributed by atoms with E-state index in [1.807, 2.05) is 0 Å². The molecule has 15 heavy (non-hydrogen) atoms. The van der Waals surface area contributed by atoms with Crippen LogP contribution in [-0.4, -0.2) is 26.8 Å². The summed E-state index contributed by atoms with van der Waals surface area (Å²) in [6.45, 7) is 0. The molecule has 1 saturated carbocycles. The Morgan fingerprint density at radius 2 is 2.13 bits per heavy atom. The van der Waals surface area contributed by atoms with Gasteiger partial charge in [-0.1, -0.05) is 23.2 Å². The molecule has 0 aliphatic heterocycles. The molecule has 7 heteroatoms. The van der Waals surface area contributed by atoms with Gasteiger partial charge in [0.15, 0.2) is 10.3 Å². The highest BCUT2D eigenvalue weighted by molar-refractivity contribution is 6.33. The molecule has 2 N–H and O–H groups in total. The van der Waals surface area contributed by atoms with E-state index in [4.69, 9.17) is 28.3 Å². The lowest BCUT2D eigenvalue weighted by Crippen LogP contribution is -2.31. The zero-order valence-electron chi connectivity index (χ0n) is 7.50. The third-order valence-corrected chi connectivity index (χ3v) is 2.72. The SMILES string of the molecule is O=C(O)C1(Nc2cc(Cl)nnc2Cl)CC1. The minimum atomic E-state index is -0.907. The maximum Gasteiger partial charge on any atom is 0.329 e. The fraction of sp³-hybridized carbons (Fsp3) is 0.375. The van der Waals surface area contributed by atoms with Crippen LogP contribution in [0.15, 0.2) is 6.07 Å². The number of rotatable bonds is 3. The molecular weight excluding hydrogens is 241 g/mol. The fourth-order valence-electron chi connectivity index (χ4n) is 1.22. The molecule has 0 aromatic carbocycles. The van der Waals surface area contributed by atoms with E-state index in [2.05, 4.69) is 15.5 Å². The number of nitrogens with zero attached hydrogens (tertiary/aromatic N) is 2. The van der Waals surface area contributed by atoms with Crippen LogP contribution in [0.3, 0.4) is 0 Å². The van der Waals surface area contributed by atoms with Crippen molar-refractivity contribution < 1.29 is 9.90 Å². The normalized spacial score (nSPS) is 17.2. The molecule has 0 amide bonds. The van der Waals surface area contributed by atoms with Crippen molar-refractivity contribution in [3.63, 3.8) is 0 Å². The van der Waals surface area contributed by atoms with Crippen LogP contribution in [0.5, 0.6) is 0 Å². The zero-order valence-corrected chi connectivity index (χ0v) is 9.01. The number of carbonyl (C=O) groups is 1. The van der Waals surface area contributed by atoms with E-state index in [0.29, 0.717) is 18.5 Å². The lowest BCUT2D eigenvalue weighted by molar-refractivity contribution is -0.138. The molecule has 0 saturated heterocycles. The van der Waals surface area contributed by atoms with Crippen molar-refractivity contribution in [3.05, 3.63) is 16.4 Å². The maximum absolute atomic E-state index is 10.9. The number of hydrogen-bond acceptors (Lipinski definition) is 4. The summed E-state index contributed by atoms with van der Waals surface area (Å²) in [6.07, 6.45) is 1.14. The molecule has 0 radical (unpaired) electrons. The predicted octanol–water partition coefficient (Wildman–Crippen LogP) is 1.81. The minimum Gasteiger partial charge on any atom is -0.480 e. The molecule has 0 bridgehead atoms. The average molecular weight is 248 g/mol.